The first-order valence-electron chi connectivity index (χ1n) is 7.68. The molecule has 0 saturated heterocycles. The molecule has 0 radical (unpaired) electrons. The lowest BCUT2D eigenvalue weighted by Crippen LogP contribution is -2.17. The van der Waals surface area contributed by atoms with Gasteiger partial charge >= 0.3 is 5.97 Å². The van der Waals surface area contributed by atoms with Gasteiger partial charge in [0.1, 0.15) is 0 Å². The van der Waals surface area contributed by atoms with Gasteiger partial charge in [-0.25, -0.2) is 4.79 Å². The van der Waals surface area contributed by atoms with Crippen LogP contribution in [0.5, 0.6) is 0 Å². The second-order valence-electron chi connectivity index (χ2n) is 5.60. The van der Waals surface area contributed by atoms with Crippen LogP contribution in [0, 0.1) is 6.92 Å². The number of benzene rings is 1. The van der Waals surface area contributed by atoms with Gasteiger partial charge in [-0.2, -0.15) is 19.9 Å². The van der Waals surface area contributed by atoms with Gasteiger partial charge < -0.3 is 19.9 Å². The molecular weight excluding hydrogens is 338 g/mol. The van der Waals surface area contributed by atoms with Crippen molar-refractivity contribution in [2.45, 2.75) is 13.5 Å². The maximum atomic E-state index is 12.2. The minimum atomic E-state index is -0.511. The van der Waals surface area contributed by atoms with Crippen molar-refractivity contribution in [3.63, 3.8) is 0 Å². The van der Waals surface area contributed by atoms with Crippen LogP contribution in [0.2, 0.25) is 0 Å². The van der Waals surface area contributed by atoms with E-state index in [2.05, 4.69) is 25.1 Å². The summed E-state index contributed by atoms with van der Waals surface area (Å²) in [7, 11) is 3.55. The molecule has 0 aliphatic heterocycles. The van der Waals surface area contributed by atoms with Crippen molar-refractivity contribution in [3.8, 4) is 11.5 Å². The van der Waals surface area contributed by atoms with Gasteiger partial charge in [0.15, 0.2) is 18.3 Å². The molecule has 10 nitrogen and oxygen atoms in total. The Balaban J connectivity index is 1.67. The van der Waals surface area contributed by atoms with Crippen LogP contribution in [-0.2, 0) is 11.3 Å². The van der Waals surface area contributed by atoms with Crippen molar-refractivity contribution in [2.75, 3.05) is 24.7 Å². The Morgan fingerprint density at radius 2 is 1.88 bits per heavy atom. The average Bonchev–Trinajstić information content (AvgIpc) is 3.06. The van der Waals surface area contributed by atoms with Crippen LogP contribution in [0.1, 0.15) is 22.0 Å². The summed E-state index contributed by atoms with van der Waals surface area (Å²) >= 11 is 0. The Morgan fingerprint density at radius 1 is 1.15 bits per heavy atom. The number of nitrogens with two attached hydrogens (primary N) is 1. The molecule has 0 fully saturated rings. The Hall–Kier alpha value is -3.56. The molecule has 0 atom stereocenters. The van der Waals surface area contributed by atoms with Crippen LogP contribution in [-0.4, -0.2) is 45.2 Å². The van der Waals surface area contributed by atoms with Crippen LogP contribution in [0.3, 0.4) is 0 Å². The molecule has 0 saturated carbocycles. The minimum absolute atomic E-state index is 0.0638. The minimum Gasteiger partial charge on any atom is -0.454 e. The molecule has 0 aliphatic rings. The summed E-state index contributed by atoms with van der Waals surface area (Å²) in [5.74, 6) is 1.14. The van der Waals surface area contributed by atoms with E-state index in [-0.39, 0.29) is 18.4 Å². The van der Waals surface area contributed by atoms with Gasteiger partial charge in [-0.05, 0) is 31.2 Å². The lowest BCUT2D eigenvalue weighted by Gasteiger charge is -2.11. The SMILES string of the molecule is Cc1noc(-c2ccc(C(=O)OCc3nc(N)nc(N(C)C)n3)cc2)n1. The molecular formula is C16H17N7O3. The Morgan fingerprint density at radius 3 is 2.50 bits per heavy atom. The Bertz CT molecular complexity index is 922. The van der Waals surface area contributed by atoms with Gasteiger partial charge in [-0.15, -0.1) is 0 Å². The fourth-order valence-corrected chi connectivity index (χ4v) is 2.07. The molecule has 0 aliphatic carbocycles. The van der Waals surface area contributed by atoms with Crippen molar-refractivity contribution >= 4 is 17.9 Å². The van der Waals surface area contributed by atoms with Crippen molar-refractivity contribution in [1.82, 2.24) is 25.1 Å². The van der Waals surface area contributed by atoms with Gasteiger partial charge in [0.25, 0.3) is 5.89 Å². The number of esters is 1. The summed E-state index contributed by atoms with van der Waals surface area (Å²) in [5, 5.41) is 3.73. The predicted molar refractivity (Wildman–Crippen MR) is 92.2 cm³/mol. The van der Waals surface area contributed by atoms with Gasteiger partial charge in [0.05, 0.1) is 5.56 Å². The average molecular weight is 355 g/mol. The Labute approximate surface area is 149 Å². The highest BCUT2D eigenvalue weighted by Gasteiger charge is 2.12. The summed E-state index contributed by atoms with van der Waals surface area (Å²) in [6.45, 7) is 1.62. The van der Waals surface area contributed by atoms with Crippen molar-refractivity contribution < 1.29 is 14.1 Å². The number of anilines is 2. The first-order valence-corrected chi connectivity index (χ1v) is 7.68. The fourth-order valence-electron chi connectivity index (χ4n) is 2.07. The quantitative estimate of drug-likeness (QED) is 0.666. The van der Waals surface area contributed by atoms with E-state index in [1.165, 1.54) is 0 Å². The first-order chi connectivity index (χ1) is 12.4. The van der Waals surface area contributed by atoms with E-state index in [1.807, 2.05) is 0 Å². The highest BCUT2D eigenvalue weighted by molar-refractivity contribution is 5.89. The number of aryl methyl sites for hydroxylation is 1. The molecule has 0 amide bonds. The van der Waals surface area contributed by atoms with Gasteiger partial charge in [-0.3, -0.25) is 0 Å². The second-order valence-corrected chi connectivity index (χ2v) is 5.60. The van der Waals surface area contributed by atoms with Crippen LogP contribution in [0.15, 0.2) is 28.8 Å². The number of carbonyl (C=O) groups excluding carboxylic acids is 1. The van der Waals surface area contributed by atoms with E-state index >= 15 is 0 Å². The van der Waals surface area contributed by atoms with E-state index in [4.69, 9.17) is 15.0 Å². The zero-order valence-corrected chi connectivity index (χ0v) is 14.5. The van der Waals surface area contributed by atoms with Gasteiger partial charge in [0, 0.05) is 19.7 Å². The van der Waals surface area contributed by atoms with Crippen LogP contribution in [0.25, 0.3) is 11.5 Å². The molecule has 2 N–H and O–H groups in total. The zero-order valence-electron chi connectivity index (χ0n) is 14.5. The summed E-state index contributed by atoms with van der Waals surface area (Å²) in [6, 6.07) is 6.64. The number of rotatable bonds is 5. The third kappa shape index (κ3) is 3.91. The molecule has 26 heavy (non-hydrogen) atoms. The van der Waals surface area contributed by atoms with Gasteiger partial charge in [-0.1, -0.05) is 5.16 Å². The van der Waals surface area contributed by atoms with Crippen LogP contribution >= 0.6 is 0 Å². The molecule has 2 heterocycles. The third-order valence-corrected chi connectivity index (χ3v) is 3.31. The number of ether oxygens (including phenoxy) is 1. The van der Waals surface area contributed by atoms with Crippen LogP contribution in [0.4, 0.5) is 11.9 Å². The lowest BCUT2D eigenvalue weighted by atomic mass is 10.1. The number of hydrogen-bond acceptors (Lipinski definition) is 10. The highest BCUT2D eigenvalue weighted by Crippen LogP contribution is 2.18. The maximum Gasteiger partial charge on any atom is 0.338 e. The molecule has 3 aromatic rings. The highest BCUT2D eigenvalue weighted by atomic mass is 16.5. The van der Waals surface area contributed by atoms with E-state index < -0.39 is 5.97 Å². The van der Waals surface area contributed by atoms with E-state index in [0.29, 0.717) is 28.8 Å². The van der Waals surface area contributed by atoms with E-state index in [0.717, 1.165) is 0 Å². The van der Waals surface area contributed by atoms with Crippen molar-refractivity contribution in [2.24, 2.45) is 0 Å². The summed E-state index contributed by atoms with van der Waals surface area (Å²) in [4.78, 5) is 30.1. The Kier molecular flexibility index (Phi) is 4.74. The summed E-state index contributed by atoms with van der Waals surface area (Å²) < 4.78 is 10.3. The molecule has 0 bridgehead atoms. The lowest BCUT2D eigenvalue weighted by molar-refractivity contribution is 0.0462. The second kappa shape index (κ2) is 7.13. The molecule has 1 aromatic carbocycles. The number of hydrogen-bond donors (Lipinski definition) is 1. The zero-order chi connectivity index (χ0) is 18.7. The van der Waals surface area contributed by atoms with E-state index in [1.54, 1.807) is 50.2 Å². The fraction of sp³-hybridized carbons (Fsp3) is 0.250. The molecule has 0 unspecified atom stereocenters. The number of carbonyl (C=O) groups is 1. The standard InChI is InChI=1S/C16H17N7O3/c1-9-18-13(26-22-9)10-4-6-11(7-5-10)14(24)25-8-12-19-15(17)21-16(20-12)23(2)3/h4-7H,8H2,1-3H3,(H2,17,19,20,21). The molecule has 2 aromatic heterocycles. The largest absolute Gasteiger partial charge is 0.454 e. The maximum absolute atomic E-state index is 12.2. The number of aromatic nitrogens is 5. The summed E-state index contributed by atoms with van der Waals surface area (Å²) in [5.41, 5.74) is 6.73. The molecule has 134 valence electrons. The monoisotopic (exact) mass is 355 g/mol. The first kappa shape index (κ1) is 17.3. The molecule has 0 spiro atoms. The normalized spacial score (nSPS) is 10.6. The smallest absolute Gasteiger partial charge is 0.338 e. The molecule has 3 rings (SSSR count). The summed E-state index contributed by atoms with van der Waals surface area (Å²) in [6.07, 6.45) is 0. The predicted octanol–water partition coefficient (Wildman–Crippen LogP) is 1.24. The van der Waals surface area contributed by atoms with Gasteiger partial charge in [0.2, 0.25) is 11.9 Å². The van der Waals surface area contributed by atoms with E-state index in [9.17, 15) is 4.79 Å². The topological polar surface area (TPSA) is 133 Å². The molecule has 10 heteroatoms. The van der Waals surface area contributed by atoms with Crippen molar-refractivity contribution in [1.29, 1.82) is 0 Å². The van der Waals surface area contributed by atoms with Crippen LogP contribution < -0.4 is 10.6 Å². The number of nitrogen functional groups attached to an aromatic ring is 1. The number of nitrogens with zero attached hydrogens (tertiary/aromatic N) is 6. The third-order valence-electron chi connectivity index (χ3n) is 3.31. The van der Waals surface area contributed by atoms with Crippen molar-refractivity contribution in [3.05, 3.63) is 41.5 Å².